The van der Waals surface area contributed by atoms with Gasteiger partial charge in [-0.15, -0.1) is 0 Å². The molecule has 0 atom stereocenters. The zero-order valence-electron chi connectivity index (χ0n) is 17.7. The van der Waals surface area contributed by atoms with Crippen LogP contribution >= 0.6 is 0 Å². The number of hydrogen-bond acceptors (Lipinski definition) is 3. The molecule has 5 nitrogen and oxygen atoms in total. The molecule has 1 aliphatic heterocycles. The van der Waals surface area contributed by atoms with Crippen LogP contribution in [-0.2, 0) is 6.54 Å². The molecule has 5 fully saturated rings. The Hall–Kier alpha value is -1.75. The summed E-state index contributed by atoms with van der Waals surface area (Å²) in [6, 6.07) is 8.96. The van der Waals surface area contributed by atoms with Crippen molar-refractivity contribution in [2.45, 2.75) is 51.1 Å². The van der Waals surface area contributed by atoms with Crippen LogP contribution < -0.4 is 10.1 Å². The zero-order chi connectivity index (χ0) is 19.8. The van der Waals surface area contributed by atoms with Crippen molar-refractivity contribution in [2.75, 3.05) is 33.3 Å². The standard InChI is InChI=1S/C24H35N3O2/c1-29-22-5-3-17(4-6-22)16-26-7-2-8-27(10-9-26)24(28)25-23-20-12-18-11-19(14-20)15-21(23)13-18/h3-6,18-21,23H,2,7-16H2,1H3,(H,25,28). The van der Waals surface area contributed by atoms with E-state index in [4.69, 9.17) is 4.74 Å². The molecule has 1 aromatic carbocycles. The van der Waals surface area contributed by atoms with Gasteiger partial charge in [0.2, 0.25) is 0 Å². The molecule has 1 aromatic rings. The molecule has 1 heterocycles. The largest absolute Gasteiger partial charge is 0.497 e. The number of carbonyl (C=O) groups excluding carboxylic acids is 1. The SMILES string of the molecule is COc1ccc(CN2CCCN(C(=O)NC3C4CC5CC(C4)CC3C5)CC2)cc1. The number of benzene rings is 1. The van der Waals surface area contributed by atoms with Crippen molar-refractivity contribution >= 4 is 6.03 Å². The summed E-state index contributed by atoms with van der Waals surface area (Å²) < 4.78 is 5.25. The number of methoxy groups -OCH3 is 1. The third-order valence-corrected chi connectivity index (χ3v) is 7.96. The molecule has 5 aliphatic rings. The van der Waals surface area contributed by atoms with Crippen LogP contribution in [0.5, 0.6) is 5.75 Å². The van der Waals surface area contributed by atoms with Gasteiger partial charge in [0.15, 0.2) is 0 Å². The Morgan fingerprint density at radius 1 is 0.966 bits per heavy atom. The predicted octanol–water partition coefficient (Wildman–Crippen LogP) is 3.74. The number of ether oxygens (including phenoxy) is 1. The fourth-order valence-corrected chi connectivity index (χ4v) is 6.72. The second-order valence-electron chi connectivity index (χ2n) is 9.87. The van der Waals surface area contributed by atoms with Gasteiger partial charge in [0.1, 0.15) is 5.75 Å². The molecule has 158 valence electrons. The van der Waals surface area contributed by atoms with Gasteiger partial charge in [-0.05, 0) is 79.9 Å². The van der Waals surface area contributed by atoms with E-state index in [0.29, 0.717) is 6.04 Å². The van der Waals surface area contributed by atoms with Crippen molar-refractivity contribution in [1.82, 2.24) is 15.1 Å². The Morgan fingerprint density at radius 3 is 2.31 bits per heavy atom. The first-order valence-corrected chi connectivity index (χ1v) is 11.6. The minimum Gasteiger partial charge on any atom is -0.497 e. The summed E-state index contributed by atoms with van der Waals surface area (Å²) in [6.07, 6.45) is 7.93. The lowest BCUT2D eigenvalue weighted by atomic mass is 9.54. The lowest BCUT2D eigenvalue weighted by molar-refractivity contribution is -0.0109. The van der Waals surface area contributed by atoms with E-state index in [1.54, 1.807) is 7.11 Å². The highest BCUT2D eigenvalue weighted by Crippen LogP contribution is 2.53. The smallest absolute Gasteiger partial charge is 0.317 e. The summed E-state index contributed by atoms with van der Waals surface area (Å²) >= 11 is 0. The monoisotopic (exact) mass is 397 g/mol. The highest BCUT2D eigenvalue weighted by Gasteiger charge is 2.48. The highest BCUT2D eigenvalue weighted by atomic mass is 16.5. The second-order valence-corrected chi connectivity index (χ2v) is 9.87. The summed E-state index contributed by atoms with van der Waals surface area (Å²) in [5, 5.41) is 3.49. The van der Waals surface area contributed by atoms with Crippen molar-refractivity contribution < 1.29 is 9.53 Å². The lowest BCUT2D eigenvalue weighted by Gasteiger charge is -2.54. The van der Waals surface area contributed by atoms with Crippen LogP contribution in [-0.4, -0.2) is 55.2 Å². The van der Waals surface area contributed by atoms with Gasteiger partial charge >= 0.3 is 6.03 Å². The van der Waals surface area contributed by atoms with Crippen LogP contribution in [0.15, 0.2) is 24.3 Å². The maximum absolute atomic E-state index is 13.1. The topological polar surface area (TPSA) is 44.8 Å². The van der Waals surface area contributed by atoms with Crippen molar-refractivity contribution in [3.63, 3.8) is 0 Å². The van der Waals surface area contributed by atoms with Crippen molar-refractivity contribution in [3.8, 4) is 5.75 Å². The molecule has 29 heavy (non-hydrogen) atoms. The number of urea groups is 1. The zero-order valence-corrected chi connectivity index (χ0v) is 17.7. The Morgan fingerprint density at radius 2 is 1.66 bits per heavy atom. The Labute approximate surface area is 174 Å². The summed E-state index contributed by atoms with van der Waals surface area (Å²) in [7, 11) is 1.70. The minimum atomic E-state index is 0.189. The first-order chi connectivity index (χ1) is 14.2. The highest BCUT2D eigenvalue weighted by molar-refractivity contribution is 5.74. The number of nitrogens with one attached hydrogen (secondary N) is 1. The summed E-state index contributed by atoms with van der Waals surface area (Å²) in [5.41, 5.74) is 1.30. The molecular weight excluding hydrogens is 362 g/mol. The molecule has 6 rings (SSSR count). The fourth-order valence-electron chi connectivity index (χ4n) is 6.72. The van der Waals surface area contributed by atoms with E-state index in [-0.39, 0.29) is 6.03 Å². The molecule has 5 heteroatoms. The van der Waals surface area contributed by atoms with Gasteiger partial charge < -0.3 is 15.0 Å². The maximum atomic E-state index is 13.1. The van der Waals surface area contributed by atoms with Crippen LogP contribution in [0.3, 0.4) is 0 Å². The summed E-state index contributed by atoms with van der Waals surface area (Å²) in [6.45, 7) is 4.64. The lowest BCUT2D eigenvalue weighted by Crippen LogP contribution is -2.58. The first kappa shape index (κ1) is 19.2. The maximum Gasteiger partial charge on any atom is 0.317 e. The molecule has 0 spiro atoms. The number of hydrogen-bond donors (Lipinski definition) is 1. The Balaban J connectivity index is 1.14. The number of rotatable bonds is 4. The Kier molecular flexibility index (Phi) is 5.42. The second kappa shape index (κ2) is 8.17. The summed E-state index contributed by atoms with van der Waals surface area (Å²) in [4.78, 5) is 17.6. The Bertz CT molecular complexity index is 691. The van der Waals surface area contributed by atoms with Crippen LogP contribution in [0.2, 0.25) is 0 Å². The molecule has 2 amide bonds. The van der Waals surface area contributed by atoms with Gasteiger partial charge in [0, 0.05) is 38.8 Å². The number of amides is 2. The number of carbonyl (C=O) groups is 1. The molecule has 0 aromatic heterocycles. The van der Waals surface area contributed by atoms with Crippen LogP contribution in [0.4, 0.5) is 4.79 Å². The quantitative estimate of drug-likeness (QED) is 0.842. The van der Waals surface area contributed by atoms with E-state index >= 15 is 0 Å². The molecule has 1 N–H and O–H groups in total. The van der Waals surface area contributed by atoms with E-state index in [1.165, 1.54) is 37.7 Å². The van der Waals surface area contributed by atoms with Crippen molar-refractivity contribution in [2.24, 2.45) is 23.7 Å². The number of nitrogens with zero attached hydrogens (tertiary/aromatic N) is 2. The first-order valence-electron chi connectivity index (χ1n) is 11.6. The van der Waals surface area contributed by atoms with Crippen LogP contribution in [0.1, 0.15) is 44.1 Å². The molecule has 1 saturated heterocycles. The third-order valence-electron chi connectivity index (χ3n) is 7.96. The van der Waals surface area contributed by atoms with Crippen LogP contribution in [0.25, 0.3) is 0 Å². The van der Waals surface area contributed by atoms with E-state index in [9.17, 15) is 4.79 Å². The van der Waals surface area contributed by atoms with Crippen LogP contribution in [0, 0.1) is 23.7 Å². The van der Waals surface area contributed by atoms with Gasteiger partial charge in [0.05, 0.1) is 7.11 Å². The van der Waals surface area contributed by atoms with E-state index in [0.717, 1.165) is 68.6 Å². The molecule has 4 aliphatic carbocycles. The molecule has 4 saturated carbocycles. The van der Waals surface area contributed by atoms with E-state index < -0.39 is 0 Å². The average Bonchev–Trinajstić information content (AvgIpc) is 2.96. The summed E-state index contributed by atoms with van der Waals surface area (Å²) in [5.74, 6) is 4.30. The van der Waals surface area contributed by atoms with E-state index in [2.05, 4.69) is 27.2 Å². The van der Waals surface area contributed by atoms with Gasteiger partial charge in [-0.3, -0.25) is 4.90 Å². The molecule has 0 radical (unpaired) electrons. The minimum absolute atomic E-state index is 0.189. The van der Waals surface area contributed by atoms with E-state index in [1.807, 2.05) is 12.1 Å². The van der Waals surface area contributed by atoms with Gasteiger partial charge in [-0.2, -0.15) is 0 Å². The average molecular weight is 398 g/mol. The molecule has 4 bridgehead atoms. The van der Waals surface area contributed by atoms with Gasteiger partial charge in [-0.25, -0.2) is 4.79 Å². The molecular formula is C24H35N3O2. The normalized spacial score (nSPS) is 34.1. The predicted molar refractivity (Wildman–Crippen MR) is 114 cm³/mol. The van der Waals surface area contributed by atoms with Gasteiger partial charge in [0.25, 0.3) is 0 Å². The third kappa shape index (κ3) is 4.11. The van der Waals surface area contributed by atoms with Gasteiger partial charge in [-0.1, -0.05) is 12.1 Å². The fraction of sp³-hybridized carbons (Fsp3) is 0.708. The van der Waals surface area contributed by atoms with Crippen molar-refractivity contribution in [1.29, 1.82) is 0 Å². The molecule has 0 unspecified atom stereocenters. The van der Waals surface area contributed by atoms with Crippen molar-refractivity contribution in [3.05, 3.63) is 29.8 Å².